The quantitative estimate of drug-likeness (QED) is 0.650. The van der Waals surface area contributed by atoms with E-state index in [0.29, 0.717) is 17.2 Å². The van der Waals surface area contributed by atoms with Gasteiger partial charge in [0.2, 0.25) is 0 Å². The standard InChI is InChI=1S/C19H21ClN2O3/c1-12-7-18-14(9-15(12)20)13(8-19(23)25-18)10-21-11-16(22(2)3)17-5-4-6-24-17/h4-9,16,21H,10-11H2,1-3H3/p+2/t16-/m0/s1. The maximum Gasteiger partial charge on any atom is 0.336 e. The minimum atomic E-state index is -0.335. The lowest BCUT2D eigenvalue weighted by molar-refractivity contribution is -0.911. The Hall–Kier alpha value is -2.08. The first-order valence-corrected chi connectivity index (χ1v) is 8.71. The van der Waals surface area contributed by atoms with Crippen molar-refractivity contribution in [1.82, 2.24) is 0 Å². The summed E-state index contributed by atoms with van der Waals surface area (Å²) in [5.74, 6) is 0.965. The van der Waals surface area contributed by atoms with Crippen LogP contribution in [0.15, 0.2) is 50.2 Å². The van der Waals surface area contributed by atoms with Crippen molar-refractivity contribution in [3.63, 3.8) is 0 Å². The van der Waals surface area contributed by atoms with Gasteiger partial charge in [0.1, 0.15) is 18.7 Å². The summed E-state index contributed by atoms with van der Waals surface area (Å²) in [4.78, 5) is 13.2. The van der Waals surface area contributed by atoms with Gasteiger partial charge in [-0.3, -0.25) is 0 Å². The molecular weight excluding hydrogens is 340 g/mol. The van der Waals surface area contributed by atoms with Crippen LogP contribution < -0.4 is 15.8 Å². The van der Waals surface area contributed by atoms with Crippen LogP contribution in [-0.2, 0) is 6.54 Å². The molecule has 0 amide bonds. The van der Waals surface area contributed by atoms with E-state index in [1.165, 1.54) is 4.90 Å². The van der Waals surface area contributed by atoms with E-state index in [0.717, 1.165) is 28.8 Å². The van der Waals surface area contributed by atoms with Gasteiger partial charge in [-0.1, -0.05) is 11.6 Å². The highest BCUT2D eigenvalue weighted by molar-refractivity contribution is 6.32. The van der Waals surface area contributed by atoms with Crippen LogP contribution >= 0.6 is 11.6 Å². The molecule has 0 saturated carbocycles. The summed E-state index contributed by atoms with van der Waals surface area (Å²) < 4.78 is 10.9. The number of furan rings is 1. The second kappa shape index (κ2) is 7.44. The normalized spacial score (nSPS) is 12.8. The summed E-state index contributed by atoms with van der Waals surface area (Å²) in [6.45, 7) is 3.41. The third-order valence-electron chi connectivity index (χ3n) is 4.46. The van der Waals surface area contributed by atoms with E-state index < -0.39 is 0 Å². The van der Waals surface area contributed by atoms with Crippen molar-refractivity contribution in [3.8, 4) is 0 Å². The fourth-order valence-corrected chi connectivity index (χ4v) is 3.21. The molecule has 132 valence electrons. The Morgan fingerprint density at radius 3 is 2.76 bits per heavy atom. The molecule has 0 unspecified atom stereocenters. The zero-order valence-corrected chi connectivity index (χ0v) is 15.4. The molecule has 2 heterocycles. The average Bonchev–Trinajstić information content (AvgIpc) is 3.06. The summed E-state index contributed by atoms with van der Waals surface area (Å²) in [5, 5.41) is 3.74. The molecule has 0 fully saturated rings. The summed E-state index contributed by atoms with van der Waals surface area (Å²) in [5.41, 5.74) is 2.07. The van der Waals surface area contributed by atoms with Crippen LogP contribution in [0.3, 0.4) is 0 Å². The van der Waals surface area contributed by atoms with E-state index >= 15 is 0 Å². The molecule has 1 aromatic carbocycles. The molecule has 2 aromatic heterocycles. The number of rotatable bonds is 6. The molecule has 3 N–H and O–H groups in total. The first kappa shape index (κ1) is 17.7. The van der Waals surface area contributed by atoms with Crippen molar-refractivity contribution < 1.29 is 19.1 Å². The van der Waals surface area contributed by atoms with Gasteiger partial charge in [0.25, 0.3) is 0 Å². The third kappa shape index (κ3) is 3.95. The van der Waals surface area contributed by atoms with E-state index in [4.69, 9.17) is 20.4 Å². The zero-order valence-electron chi connectivity index (χ0n) is 14.6. The fourth-order valence-electron chi connectivity index (χ4n) is 3.05. The molecule has 25 heavy (non-hydrogen) atoms. The number of aryl methyl sites for hydroxylation is 1. The molecule has 3 rings (SSSR count). The molecule has 1 atom stereocenters. The molecular formula is C19H23ClN2O3+2. The number of quaternary nitrogens is 2. The molecule has 0 saturated heterocycles. The second-order valence-corrected chi connectivity index (χ2v) is 6.97. The summed E-state index contributed by atoms with van der Waals surface area (Å²) in [6, 6.07) is 9.39. The van der Waals surface area contributed by atoms with E-state index in [2.05, 4.69) is 19.4 Å². The van der Waals surface area contributed by atoms with Gasteiger partial charge in [-0.05, 0) is 36.8 Å². The molecule has 6 heteroatoms. The van der Waals surface area contributed by atoms with E-state index in [1.807, 2.05) is 31.2 Å². The number of nitrogens with one attached hydrogen (secondary N) is 1. The topological polar surface area (TPSA) is 64.4 Å². The molecule has 0 spiro atoms. The Balaban J connectivity index is 1.81. The third-order valence-corrected chi connectivity index (χ3v) is 4.87. The van der Waals surface area contributed by atoms with Crippen molar-refractivity contribution >= 4 is 22.6 Å². The minimum Gasteiger partial charge on any atom is -0.463 e. The number of halogens is 1. The fraction of sp³-hybridized carbons (Fsp3) is 0.316. The highest BCUT2D eigenvalue weighted by Crippen LogP contribution is 2.24. The van der Waals surface area contributed by atoms with Gasteiger partial charge in [-0.2, -0.15) is 0 Å². The predicted octanol–water partition coefficient (Wildman–Crippen LogP) is 1.30. The Kier molecular flexibility index (Phi) is 5.27. The molecule has 0 radical (unpaired) electrons. The molecule has 0 aliphatic rings. The lowest BCUT2D eigenvalue weighted by Crippen LogP contribution is -3.09. The Morgan fingerprint density at radius 1 is 1.28 bits per heavy atom. The van der Waals surface area contributed by atoms with Gasteiger partial charge in [0.05, 0.1) is 20.4 Å². The number of benzene rings is 1. The van der Waals surface area contributed by atoms with Gasteiger partial charge in [-0.25, -0.2) is 4.79 Å². The van der Waals surface area contributed by atoms with Crippen LogP contribution in [0.1, 0.15) is 22.9 Å². The minimum absolute atomic E-state index is 0.243. The van der Waals surface area contributed by atoms with Crippen molar-refractivity contribution in [3.05, 3.63) is 68.9 Å². The van der Waals surface area contributed by atoms with Crippen LogP contribution in [0.5, 0.6) is 0 Å². The van der Waals surface area contributed by atoms with Crippen molar-refractivity contribution in [2.45, 2.75) is 19.5 Å². The number of hydrogen-bond acceptors (Lipinski definition) is 3. The first-order chi connectivity index (χ1) is 12.0. The van der Waals surface area contributed by atoms with Gasteiger partial charge in [0.15, 0.2) is 11.8 Å². The van der Waals surface area contributed by atoms with Crippen molar-refractivity contribution in [1.29, 1.82) is 0 Å². The Bertz CT molecular complexity index is 916. The van der Waals surface area contributed by atoms with Crippen molar-refractivity contribution in [2.24, 2.45) is 0 Å². The Morgan fingerprint density at radius 2 is 2.08 bits per heavy atom. The number of hydrogen-bond donors (Lipinski definition) is 2. The summed E-state index contributed by atoms with van der Waals surface area (Å²) in [7, 11) is 4.21. The highest BCUT2D eigenvalue weighted by atomic mass is 35.5. The SMILES string of the molecule is Cc1cc2oc(=O)cc(C[NH2+]C[C@@H](c3ccco3)[NH+](C)C)c2cc1Cl. The summed E-state index contributed by atoms with van der Waals surface area (Å²) >= 11 is 6.25. The van der Waals surface area contributed by atoms with E-state index in [1.54, 1.807) is 12.3 Å². The second-order valence-electron chi connectivity index (χ2n) is 6.56. The van der Waals surface area contributed by atoms with Crippen LogP contribution in [0, 0.1) is 6.92 Å². The molecule has 0 bridgehead atoms. The van der Waals surface area contributed by atoms with E-state index in [9.17, 15) is 4.79 Å². The first-order valence-electron chi connectivity index (χ1n) is 8.33. The predicted molar refractivity (Wildman–Crippen MR) is 97.0 cm³/mol. The van der Waals surface area contributed by atoms with Crippen LogP contribution in [0.4, 0.5) is 0 Å². The molecule has 0 aliphatic heterocycles. The van der Waals surface area contributed by atoms with E-state index in [-0.39, 0.29) is 11.7 Å². The molecule has 5 nitrogen and oxygen atoms in total. The van der Waals surface area contributed by atoms with Gasteiger partial charge >= 0.3 is 5.63 Å². The van der Waals surface area contributed by atoms with Gasteiger partial charge < -0.3 is 19.1 Å². The lowest BCUT2D eigenvalue weighted by Gasteiger charge is -2.18. The monoisotopic (exact) mass is 362 g/mol. The van der Waals surface area contributed by atoms with Crippen LogP contribution in [0.25, 0.3) is 11.0 Å². The van der Waals surface area contributed by atoms with Gasteiger partial charge in [-0.15, -0.1) is 0 Å². The number of likely N-dealkylation sites (N-methyl/N-ethyl adjacent to an activating group) is 1. The molecule has 0 aliphatic carbocycles. The largest absolute Gasteiger partial charge is 0.463 e. The van der Waals surface area contributed by atoms with Crippen molar-refractivity contribution in [2.75, 3.05) is 20.6 Å². The lowest BCUT2D eigenvalue weighted by atomic mass is 10.1. The number of fused-ring (bicyclic) bond motifs is 1. The maximum atomic E-state index is 11.9. The zero-order chi connectivity index (χ0) is 18.0. The maximum absolute atomic E-state index is 11.9. The number of nitrogens with two attached hydrogens (primary N) is 1. The smallest absolute Gasteiger partial charge is 0.336 e. The molecule has 3 aromatic rings. The van der Waals surface area contributed by atoms with Crippen LogP contribution in [-0.4, -0.2) is 20.6 Å². The highest BCUT2D eigenvalue weighted by Gasteiger charge is 2.22. The average molecular weight is 363 g/mol. The summed E-state index contributed by atoms with van der Waals surface area (Å²) in [6.07, 6.45) is 1.70. The van der Waals surface area contributed by atoms with Gasteiger partial charge in [0, 0.05) is 22.0 Å². The van der Waals surface area contributed by atoms with Crippen LogP contribution in [0.2, 0.25) is 5.02 Å². The Labute approximate surface area is 151 Å².